The maximum Gasteiger partial charge on any atom is 0.338 e. The van der Waals surface area contributed by atoms with Gasteiger partial charge in [0.15, 0.2) is 0 Å². The summed E-state index contributed by atoms with van der Waals surface area (Å²) >= 11 is 10.5. The summed E-state index contributed by atoms with van der Waals surface area (Å²) in [7, 11) is 0. The van der Waals surface area contributed by atoms with Crippen molar-refractivity contribution < 1.29 is 14.7 Å². The third kappa shape index (κ3) is 3.75. The number of rotatable bonds is 3. The molecule has 0 aliphatic carbocycles. The maximum absolute atomic E-state index is 11.9. The van der Waals surface area contributed by atoms with E-state index in [0.717, 1.165) is 16.9 Å². The molecule has 0 aliphatic heterocycles. The van der Waals surface area contributed by atoms with Gasteiger partial charge in [-0.1, -0.05) is 11.6 Å². The van der Waals surface area contributed by atoms with Crippen molar-refractivity contribution in [2.45, 2.75) is 6.92 Å². The summed E-state index contributed by atoms with van der Waals surface area (Å²) in [5, 5.41) is 16.5. The van der Waals surface area contributed by atoms with Gasteiger partial charge in [0.2, 0.25) is 0 Å². The summed E-state index contributed by atoms with van der Waals surface area (Å²) in [6.45, 7) is 1.85. The van der Waals surface area contributed by atoms with Crippen molar-refractivity contribution in [2.24, 2.45) is 0 Å². The number of hydrogen-bond acceptors (Lipinski definition) is 3. The van der Waals surface area contributed by atoms with Crippen LogP contribution in [0.1, 0.15) is 15.9 Å². The first kappa shape index (κ1) is 15.8. The lowest BCUT2D eigenvalue weighted by atomic mass is 10.2. The topological polar surface area (TPSA) is 78.4 Å². The maximum atomic E-state index is 11.9. The average molecular weight is 390 g/mol. The molecule has 110 valence electrons. The summed E-state index contributed by atoms with van der Waals surface area (Å²) < 4.78 is 0.684. The fourth-order valence-electron chi connectivity index (χ4n) is 1.57. The number of hydrogen-bond donors (Lipinski definition) is 3. The molecule has 0 aliphatic rings. The monoisotopic (exact) mass is 388 g/mol. The van der Waals surface area contributed by atoms with Crippen molar-refractivity contribution in [3.8, 4) is 0 Å². The van der Waals surface area contributed by atoms with Gasteiger partial charge in [-0.15, -0.1) is 11.3 Å². The molecule has 5 nitrogen and oxygen atoms in total. The van der Waals surface area contributed by atoms with E-state index in [9.17, 15) is 9.59 Å². The molecule has 8 heteroatoms. The van der Waals surface area contributed by atoms with Crippen LogP contribution in [-0.2, 0) is 0 Å². The van der Waals surface area contributed by atoms with Crippen molar-refractivity contribution in [1.82, 2.24) is 0 Å². The van der Waals surface area contributed by atoms with E-state index in [4.69, 9.17) is 16.7 Å². The van der Waals surface area contributed by atoms with E-state index in [0.29, 0.717) is 15.2 Å². The number of carbonyl (C=O) groups is 2. The molecule has 0 spiro atoms. The Morgan fingerprint density at radius 3 is 2.71 bits per heavy atom. The zero-order valence-electron chi connectivity index (χ0n) is 10.7. The number of aryl methyl sites for hydroxylation is 1. The molecule has 2 amide bonds. The van der Waals surface area contributed by atoms with Crippen LogP contribution in [-0.4, -0.2) is 17.1 Å². The van der Waals surface area contributed by atoms with Crippen molar-refractivity contribution in [3.63, 3.8) is 0 Å². The van der Waals surface area contributed by atoms with Crippen LogP contribution in [0, 0.1) is 6.92 Å². The van der Waals surface area contributed by atoms with Crippen LogP contribution >= 0.6 is 38.9 Å². The molecule has 2 aromatic rings. The van der Waals surface area contributed by atoms with Gasteiger partial charge < -0.3 is 10.4 Å². The zero-order chi connectivity index (χ0) is 15.6. The van der Waals surface area contributed by atoms with Crippen LogP contribution in [0.4, 0.5) is 15.5 Å². The van der Waals surface area contributed by atoms with Gasteiger partial charge in [0, 0.05) is 9.50 Å². The van der Waals surface area contributed by atoms with Gasteiger partial charge >= 0.3 is 12.0 Å². The first-order valence-electron chi connectivity index (χ1n) is 5.73. The summed E-state index contributed by atoms with van der Waals surface area (Å²) in [6, 6.07) is 4.29. The fourth-order valence-corrected chi connectivity index (χ4v) is 3.07. The van der Waals surface area contributed by atoms with Gasteiger partial charge in [0.25, 0.3) is 0 Å². The number of anilines is 2. The molecule has 1 aromatic heterocycles. The highest BCUT2D eigenvalue weighted by Gasteiger charge is 2.14. The van der Waals surface area contributed by atoms with Crippen molar-refractivity contribution in [1.29, 1.82) is 0 Å². The lowest BCUT2D eigenvalue weighted by Crippen LogP contribution is -2.20. The third-order valence-corrected chi connectivity index (χ3v) is 4.51. The second-order valence-electron chi connectivity index (χ2n) is 4.13. The predicted molar refractivity (Wildman–Crippen MR) is 87.8 cm³/mol. The number of amides is 2. The van der Waals surface area contributed by atoms with Crippen LogP contribution in [0.5, 0.6) is 0 Å². The van der Waals surface area contributed by atoms with E-state index >= 15 is 0 Å². The Hall–Kier alpha value is -1.57. The number of carboxylic acid groups (broad SMARTS) is 1. The van der Waals surface area contributed by atoms with Gasteiger partial charge in [-0.25, -0.2) is 9.59 Å². The minimum Gasteiger partial charge on any atom is -0.478 e. The minimum atomic E-state index is -1.09. The van der Waals surface area contributed by atoms with E-state index in [1.54, 1.807) is 17.5 Å². The molecule has 0 radical (unpaired) electrons. The molecule has 0 bridgehead atoms. The highest BCUT2D eigenvalue weighted by Crippen LogP contribution is 2.29. The van der Waals surface area contributed by atoms with Gasteiger partial charge in [-0.2, -0.15) is 0 Å². The molecule has 2 rings (SSSR count). The number of nitrogens with one attached hydrogen (secondary N) is 2. The number of aromatic carboxylic acids is 1. The highest BCUT2D eigenvalue weighted by atomic mass is 79.9. The largest absolute Gasteiger partial charge is 0.478 e. The molecule has 0 fully saturated rings. The fraction of sp³-hybridized carbons (Fsp3) is 0.0769. The quantitative estimate of drug-likeness (QED) is 0.704. The second kappa shape index (κ2) is 6.46. The number of halogens is 2. The van der Waals surface area contributed by atoms with E-state index in [1.807, 2.05) is 6.92 Å². The van der Waals surface area contributed by atoms with Gasteiger partial charge in [0.1, 0.15) is 5.00 Å². The smallest absolute Gasteiger partial charge is 0.338 e. The predicted octanol–water partition coefficient (Wildman–Crippen LogP) is 4.81. The Balaban J connectivity index is 2.14. The Kier molecular flexibility index (Phi) is 4.87. The molecule has 0 atom stereocenters. The van der Waals surface area contributed by atoms with Crippen LogP contribution < -0.4 is 10.6 Å². The van der Waals surface area contributed by atoms with Crippen LogP contribution in [0.15, 0.2) is 28.1 Å². The first-order valence-corrected chi connectivity index (χ1v) is 7.78. The molecule has 21 heavy (non-hydrogen) atoms. The van der Waals surface area contributed by atoms with Gasteiger partial charge in [0.05, 0.1) is 11.3 Å². The van der Waals surface area contributed by atoms with Crippen molar-refractivity contribution >= 4 is 61.6 Å². The Labute approximate surface area is 138 Å². The van der Waals surface area contributed by atoms with Crippen LogP contribution in [0.25, 0.3) is 0 Å². The third-order valence-electron chi connectivity index (χ3n) is 2.62. The lowest BCUT2D eigenvalue weighted by molar-refractivity contribution is 0.0698. The molecule has 3 N–H and O–H groups in total. The molecule has 0 saturated heterocycles. The van der Waals surface area contributed by atoms with E-state index in [-0.39, 0.29) is 10.6 Å². The summed E-state index contributed by atoms with van der Waals surface area (Å²) in [6.07, 6.45) is 0. The molecule has 1 aromatic carbocycles. The molecule has 1 heterocycles. The Bertz CT molecular complexity index is 717. The van der Waals surface area contributed by atoms with E-state index < -0.39 is 12.0 Å². The normalized spacial score (nSPS) is 10.2. The van der Waals surface area contributed by atoms with Crippen LogP contribution in [0.2, 0.25) is 5.02 Å². The number of carbonyl (C=O) groups excluding carboxylic acids is 1. The SMILES string of the molecule is Cc1cc(Br)c(NC(=O)Nc2sccc2C(=O)O)cc1Cl. The Morgan fingerprint density at radius 1 is 1.33 bits per heavy atom. The van der Waals surface area contributed by atoms with E-state index in [2.05, 4.69) is 26.6 Å². The minimum absolute atomic E-state index is 0.0520. The molecule has 0 unspecified atom stereocenters. The summed E-state index contributed by atoms with van der Waals surface area (Å²) in [4.78, 5) is 22.9. The van der Waals surface area contributed by atoms with Gasteiger partial charge in [-0.05, 0) is 52.0 Å². The number of carboxylic acids is 1. The average Bonchev–Trinajstić information content (AvgIpc) is 2.84. The molecular weight excluding hydrogens is 380 g/mol. The summed E-state index contributed by atoms with van der Waals surface area (Å²) in [5.74, 6) is -1.09. The standard InChI is InChI=1S/C13H10BrClN2O3S/c1-6-4-8(14)10(5-9(6)15)16-13(20)17-11-7(12(18)19)2-3-21-11/h2-5H,1H3,(H,18,19)(H2,16,17,20). The zero-order valence-corrected chi connectivity index (χ0v) is 13.9. The highest BCUT2D eigenvalue weighted by molar-refractivity contribution is 9.10. The number of thiophene rings is 1. The molecule has 0 saturated carbocycles. The van der Waals surface area contributed by atoms with Crippen molar-refractivity contribution in [2.75, 3.05) is 10.6 Å². The summed E-state index contributed by atoms with van der Waals surface area (Å²) in [5.41, 5.74) is 1.42. The van der Waals surface area contributed by atoms with Crippen LogP contribution in [0.3, 0.4) is 0 Å². The molecular formula is C13H10BrClN2O3S. The Morgan fingerprint density at radius 2 is 2.05 bits per heavy atom. The van der Waals surface area contributed by atoms with E-state index in [1.165, 1.54) is 6.07 Å². The first-order chi connectivity index (χ1) is 9.88. The van der Waals surface area contributed by atoms with Crippen molar-refractivity contribution in [3.05, 3.63) is 44.2 Å². The number of urea groups is 1. The van der Waals surface area contributed by atoms with Gasteiger partial charge in [-0.3, -0.25) is 5.32 Å². The lowest BCUT2D eigenvalue weighted by Gasteiger charge is -2.10. The number of benzene rings is 1. The second-order valence-corrected chi connectivity index (χ2v) is 6.31.